The summed E-state index contributed by atoms with van der Waals surface area (Å²) < 4.78 is 27.5. The van der Waals surface area contributed by atoms with Crippen LogP contribution >= 0.6 is 11.3 Å². The fourth-order valence-corrected chi connectivity index (χ4v) is 5.79. The van der Waals surface area contributed by atoms with Crippen molar-refractivity contribution in [1.29, 1.82) is 0 Å². The van der Waals surface area contributed by atoms with Crippen LogP contribution in [0.4, 0.5) is 10.8 Å². The summed E-state index contributed by atoms with van der Waals surface area (Å²) in [5, 5.41) is 5.04. The molecule has 1 aromatic carbocycles. The zero-order valence-corrected chi connectivity index (χ0v) is 17.4. The van der Waals surface area contributed by atoms with Crippen molar-refractivity contribution in [2.24, 2.45) is 5.92 Å². The average molecular weight is 435 g/mol. The number of hydrogen-bond acceptors (Lipinski definition) is 6. The molecule has 0 unspecified atom stereocenters. The molecule has 154 valence electrons. The first-order chi connectivity index (χ1) is 13.9. The zero-order valence-electron chi connectivity index (χ0n) is 15.8. The maximum atomic E-state index is 13.1. The van der Waals surface area contributed by atoms with E-state index in [1.807, 2.05) is 0 Å². The number of carbonyl (C=O) groups excluding carboxylic acids is 2. The first-order valence-corrected chi connectivity index (χ1v) is 11.9. The maximum Gasteiger partial charge on any atom is 0.243 e. The summed E-state index contributed by atoms with van der Waals surface area (Å²) in [5.41, 5.74) is 0.714. The standard InChI is InChI=1S/C19H22N4O4S2/c24-17-4-2-11-23(17)15-5-7-16(8-6-15)29(26,27)22-10-1-3-14(13-22)18(25)21-19-20-9-12-28-19/h5-9,12,14H,1-4,10-11,13H2,(H,20,21,25)/t14-/m1/s1. The molecule has 10 heteroatoms. The lowest BCUT2D eigenvalue weighted by atomic mass is 9.99. The fourth-order valence-electron chi connectivity index (χ4n) is 3.74. The molecule has 0 spiro atoms. The monoisotopic (exact) mass is 434 g/mol. The highest BCUT2D eigenvalue weighted by atomic mass is 32.2. The second-order valence-electron chi connectivity index (χ2n) is 7.17. The second kappa shape index (κ2) is 8.21. The van der Waals surface area contributed by atoms with Crippen molar-refractivity contribution in [2.75, 3.05) is 29.9 Å². The van der Waals surface area contributed by atoms with Gasteiger partial charge in [0.2, 0.25) is 21.8 Å². The Hall–Kier alpha value is -2.30. The van der Waals surface area contributed by atoms with Crippen LogP contribution in [0.5, 0.6) is 0 Å². The number of carbonyl (C=O) groups is 2. The molecule has 4 rings (SSSR count). The van der Waals surface area contributed by atoms with E-state index in [0.717, 1.165) is 6.42 Å². The number of thiazole rings is 1. The van der Waals surface area contributed by atoms with Crippen LogP contribution in [0.15, 0.2) is 40.7 Å². The van der Waals surface area contributed by atoms with Gasteiger partial charge in [0.25, 0.3) is 0 Å². The Morgan fingerprint density at radius 3 is 2.62 bits per heavy atom. The second-order valence-corrected chi connectivity index (χ2v) is 10.0. The van der Waals surface area contributed by atoms with E-state index in [1.54, 1.807) is 28.6 Å². The number of benzene rings is 1. The number of amides is 2. The van der Waals surface area contributed by atoms with Crippen molar-refractivity contribution >= 4 is 44.0 Å². The molecule has 2 aliphatic heterocycles. The summed E-state index contributed by atoms with van der Waals surface area (Å²) in [6.45, 7) is 1.19. The largest absolute Gasteiger partial charge is 0.312 e. The van der Waals surface area contributed by atoms with Crippen LogP contribution in [0, 0.1) is 5.92 Å². The van der Waals surface area contributed by atoms with E-state index in [1.165, 1.54) is 27.8 Å². The number of piperidine rings is 1. The molecule has 2 amide bonds. The third-order valence-electron chi connectivity index (χ3n) is 5.28. The van der Waals surface area contributed by atoms with E-state index in [4.69, 9.17) is 0 Å². The molecule has 2 saturated heterocycles. The van der Waals surface area contributed by atoms with Crippen LogP contribution in [0.25, 0.3) is 0 Å². The minimum absolute atomic E-state index is 0.0609. The molecule has 1 atom stereocenters. The summed E-state index contributed by atoms with van der Waals surface area (Å²) in [4.78, 5) is 30.3. The Kier molecular flexibility index (Phi) is 5.66. The lowest BCUT2D eigenvalue weighted by Crippen LogP contribution is -2.43. The van der Waals surface area contributed by atoms with Crippen LogP contribution < -0.4 is 10.2 Å². The molecule has 3 heterocycles. The Bertz CT molecular complexity index is 990. The zero-order chi connectivity index (χ0) is 20.4. The Balaban J connectivity index is 1.46. The van der Waals surface area contributed by atoms with Gasteiger partial charge in [-0.05, 0) is 43.5 Å². The minimum Gasteiger partial charge on any atom is -0.312 e. The van der Waals surface area contributed by atoms with Gasteiger partial charge in [0, 0.05) is 43.3 Å². The van der Waals surface area contributed by atoms with Gasteiger partial charge in [0.05, 0.1) is 10.8 Å². The number of hydrogen-bond donors (Lipinski definition) is 1. The van der Waals surface area contributed by atoms with Crippen molar-refractivity contribution in [1.82, 2.24) is 9.29 Å². The third kappa shape index (κ3) is 4.19. The number of anilines is 2. The molecule has 8 nitrogen and oxygen atoms in total. The first-order valence-electron chi connectivity index (χ1n) is 9.56. The predicted octanol–water partition coefficient (Wildman–Crippen LogP) is 2.31. The summed E-state index contributed by atoms with van der Waals surface area (Å²) >= 11 is 1.33. The van der Waals surface area contributed by atoms with E-state index in [-0.39, 0.29) is 23.3 Å². The predicted molar refractivity (Wildman–Crippen MR) is 110 cm³/mol. The van der Waals surface area contributed by atoms with E-state index in [2.05, 4.69) is 10.3 Å². The van der Waals surface area contributed by atoms with Gasteiger partial charge in [-0.15, -0.1) is 11.3 Å². The van der Waals surface area contributed by atoms with Gasteiger partial charge >= 0.3 is 0 Å². The molecular weight excluding hydrogens is 412 g/mol. The Morgan fingerprint density at radius 2 is 1.97 bits per heavy atom. The molecule has 1 N–H and O–H groups in total. The van der Waals surface area contributed by atoms with Crippen LogP contribution in [0.1, 0.15) is 25.7 Å². The normalized spacial score (nSPS) is 20.8. The van der Waals surface area contributed by atoms with Crippen molar-refractivity contribution in [3.63, 3.8) is 0 Å². The Labute approximate surface area is 173 Å². The molecule has 0 radical (unpaired) electrons. The number of aromatic nitrogens is 1. The van der Waals surface area contributed by atoms with Gasteiger partial charge in [-0.2, -0.15) is 4.31 Å². The minimum atomic E-state index is -3.71. The molecule has 2 fully saturated rings. The number of nitrogens with zero attached hydrogens (tertiary/aromatic N) is 3. The van der Waals surface area contributed by atoms with Gasteiger partial charge in [0.1, 0.15) is 0 Å². The van der Waals surface area contributed by atoms with E-state index in [9.17, 15) is 18.0 Å². The summed E-state index contributed by atoms with van der Waals surface area (Å²) in [7, 11) is -3.71. The quantitative estimate of drug-likeness (QED) is 0.778. The number of sulfonamides is 1. The summed E-state index contributed by atoms with van der Waals surface area (Å²) in [6, 6.07) is 6.42. The van der Waals surface area contributed by atoms with Gasteiger partial charge in [-0.1, -0.05) is 0 Å². The first kappa shape index (κ1) is 20.0. The highest BCUT2D eigenvalue weighted by Gasteiger charge is 2.33. The summed E-state index contributed by atoms with van der Waals surface area (Å²) in [6.07, 6.45) is 4.21. The van der Waals surface area contributed by atoms with E-state index < -0.39 is 15.9 Å². The Morgan fingerprint density at radius 1 is 1.17 bits per heavy atom. The van der Waals surface area contributed by atoms with Gasteiger partial charge in [-0.3, -0.25) is 9.59 Å². The smallest absolute Gasteiger partial charge is 0.243 e. The van der Waals surface area contributed by atoms with Crippen LogP contribution in [-0.4, -0.2) is 49.2 Å². The van der Waals surface area contributed by atoms with E-state index >= 15 is 0 Å². The van der Waals surface area contributed by atoms with Crippen LogP contribution in [0.2, 0.25) is 0 Å². The third-order valence-corrected chi connectivity index (χ3v) is 7.84. The average Bonchev–Trinajstić information content (AvgIpc) is 3.40. The van der Waals surface area contributed by atoms with Gasteiger partial charge in [-0.25, -0.2) is 13.4 Å². The molecule has 0 bridgehead atoms. The highest BCUT2D eigenvalue weighted by Crippen LogP contribution is 2.27. The van der Waals surface area contributed by atoms with Gasteiger partial charge < -0.3 is 10.2 Å². The lowest BCUT2D eigenvalue weighted by molar-refractivity contribution is -0.121. The molecule has 1 aromatic heterocycles. The molecule has 2 aliphatic rings. The lowest BCUT2D eigenvalue weighted by Gasteiger charge is -2.31. The molecule has 0 saturated carbocycles. The van der Waals surface area contributed by atoms with Crippen molar-refractivity contribution in [2.45, 2.75) is 30.6 Å². The maximum absolute atomic E-state index is 13.1. The fraction of sp³-hybridized carbons (Fsp3) is 0.421. The number of nitrogens with one attached hydrogen (secondary N) is 1. The molecular formula is C19H22N4O4S2. The molecule has 0 aliphatic carbocycles. The van der Waals surface area contributed by atoms with Crippen molar-refractivity contribution in [3.05, 3.63) is 35.8 Å². The SMILES string of the molecule is O=C(Nc1nccs1)[C@@H]1CCCN(S(=O)(=O)c2ccc(N3CCCC3=O)cc2)C1. The molecule has 29 heavy (non-hydrogen) atoms. The topological polar surface area (TPSA) is 99.7 Å². The molecule has 2 aromatic rings. The van der Waals surface area contributed by atoms with Crippen LogP contribution in [-0.2, 0) is 19.6 Å². The van der Waals surface area contributed by atoms with Gasteiger partial charge in [0.15, 0.2) is 5.13 Å². The number of rotatable bonds is 5. The van der Waals surface area contributed by atoms with E-state index in [0.29, 0.717) is 43.2 Å². The summed E-state index contributed by atoms with van der Waals surface area (Å²) in [5.74, 6) is -0.558. The van der Waals surface area contributed by atoms with Crippen LogP contribution in [0.3, 0.4) is 0 Å². The highest BCUT2D eigenvalue weighted by molar-refractivity contribution is 7.89. The van der Waals surface area contributed by atoms with Crippen molar-refractivity contribution in [3.8, 4) is 0 Å². The van der Waals surface area contributed by atoms with Crippen molar-refractivity contribution < 1.29 is 18.0 Å².